The summed E-state index contributed by atoms with van der Waals surface area (Å²) in [6, 6.07) is 4.72. The number of hydrogen-bond acceptors (Lipinski definition) is 2. The van der Waals surface area contributed by atoms with Gasteiger partial charge in [0.15, 0.2) is 0 Å². The molecule has 0 bridgehead atoms. The lowest BCUT2D eigenvalue weighted by molar-refractivity contribution is 0.0476. The zero-order valence-corrected chi connectivity index (χ0v) is 12.7. The molecule has 1 rings (SSSR count). The fourth-order valence-corrected chi connectivity index (χ4v) is 2.66. The van der Waals surface area contributed by atoms with Crippen molar-refractivity contribution in [1.82, 2.24) is 5.32 Å². The molecule has 0 saturated carbocycles. The number of nitrogens with one attached hydrogen (secondary N) is 1. The van der Waals surface area contributed by atoms with Gasteiger partial charge in [-0.25, -0.2) is 4.39 Å². The van der Waals surface area contributed by atoms with Crippen LogP contribution in [-0.4, -0.2) is 17.3 Å². The van der Waals surface area contributed by atoms with Crippen LogP contribution in [0.15, 0.2) is 22.7 Å². The van der Waals surface area contributed by atoms with Gasteiger partial charge in [0, 0.05) is 17.1 Å². The largest absolute Gasteiger partial charge is 0.389 e. The van der Waals surface area contributed by atoms with E-state index >= 15 is 0 Å². The summed E-state index contributed by atoms with van der Waals surface area (Å²) in [6.45, 7) is 6.40. The molecule has 0 heterocycles. The van der Waals surface area contributed by atoms with Gasteiger partial charge in [0.25, 0.3) is 0 Å². The summed E-state index contributed by atoms with van der Waals surface area (Å²) in [7, 11) is 0. The minimum atomic E-state index is -0.699. The lowest BCUT2D eigenvalue weighted by Crippen LogP contribution is -2.38. The Labute approximate surface area is 117 Å². The van der Waals surface area contributed by atoms with Crippen molar-refractivity contribution in [3.8, 4) is 0 Å². The minimum absolute atomic E-state index is 0.0586. The lowest BCUT2D eigenvalue weighted by Gasteiger charge is -2.26. The van der Waals surface area contributed by atoms with Crippen molar-refractivity contribution < 1.29 is 9.50 Å². The first kappa shape index (κ1) is 15.6. The summed E-state index contributed by atoms with van der Waals surface area (Å²) in [6.07, 6.45) is 1.71. The van der Waals surface area contributed by atoms with E-state index in [4.69, 9.17) is 0 Å². The van der Waals surface area contributed by atoms with Gasteiger partial charge in [-0.3, -0.25) is 0 Å². The van der Waals surface area contributed by atoms with Crippen molar-refractivity contribution in [3.63, 3.8) is 0 Å². The third kappa shape index (κ3) is 4.67. The number of rotatable bonds is 6. The molecule has 0 aliphatic heterocycles. The van der Waals surface area contributed by atoms with E-state index in [0.29, 0.717) is 6.54 Å². The molecular weight excluding hydrogens is 297 g/mol. The molecule has 1 aromatic carbocycles. The standard InChI is InChI=1S/C14H21BrFNO/c1-4-7-14(3,18)9-17-10(2)12-6-5-11(16)8-13(12)15/h5-6,8,10,17-18H,4,7,9H2,1-3H3. The van der Waals surface area contributed by atoms with Crippen LogP contribution in [0, 0.1) is 5.82 Å². The van der Waals surface area contributed by atoms with Crippen LogP contribution >= 0.6 is 15.9 Å². The molecule has 0 amide bonds. The van der Waals surface area contributed by atoms with Gasteiger partial charge in [0.05, 0.1) is 5.60 Å². The maximum Gasteiger partial charge on any atom is 0.124 e. The average molecular weight is 318 g/mol. The summed E-state index contributed by atoms with van der Waals surface area (Å²) in [5, 5.41) is 13.4. The fourth-order valence-electron chi connectivity index (χ4n) is 1.96. The summed E-state index contributed by atoms with van der Waals surface area (Å²) in [5.41, 5.74) is 0.291. The predicted molar refractivity (Wildman–Crippen MR) is 76.0 cm³/mol. The minimum Gasteiger partial charge on any atom is -0.389 e. The Morgan fingerprint density at radius 1 is 1.50 bits per heavy atom. The maximum atomic E-state index is 13.0. The van der Waals surface area contributed by atoms with E-state index in [1.165, 1.54) is 12.1 Å². The third-order valence-electron chi connectivity index (χ3n) is 3.01. The Morgan fingerprint density at radius 3 is 2.72 bits per heavy atom. The molecule has 2 atom stereocenters. The molecule has 0 aliphatic rings. The molecular formula is C14H21BrFNO. The lowest BCUT2D eigenvalue weighted by atomic mass is 9.99. The number of aliphatic hydroxyl groups is 1. The molecule has 2 unspecified atom stereocenters. The van der Waals surface area contributed by atoms with Crippen LogP contribution < -0.4 is 5.32 Å². The van der Waals surface area contributed by atoms with Gasteiger partial charge in [-0.15, -0.1) is 0 Å². The van der Waals surface area contributed by atoms with Gasteiger partial charge in [-0.05, 0) is 38.0 Å². The molecule has 0 spiro atoms. The number of hydrogen-bond donors (Lipinski definition) is 2. The fraction of sp³-hybridized carbons (Fsp3) is 0.571. The quantitative estimate of drug-likeness (QED) is 0.836. The SMILES string of the molecule is CCCC(C)(O)CNC(C)c1ccc(F)cc1Br. The van der Waals surface area contributed by atoms with Crippen molar-refractivity contribution in [2.24, 2.45) is 0 Å². The molecule has 0 fully saturated rings. The summed E-state index contributed by atoms with van der Waals surface area (Å²) < 4.78 is 13.7. The zero-order chi connectivity index (χ0) is 13.8. The van der Waals surface area contributed by atoms with E-state index in [1.54, 1.807) is 6.07 Å². The first-order valence-electron chi connectivity index (χ1n) is 6.26. The van der Waals surface area contributed by atoms with Crippen LogP contribution in [0.1, 0.15) is 45.2 Å². The van der Waals surface area contributed by atoms with Crippen molar-refractivity contribution in [2.45, 2.75) is 45.3 Å². The van der Waals surface area contributed by atoms with Gasteiger partial charge in [-0.1, -0.05) is 35.3 Å². The van der Waals surface area contributed by atoms with E-state index in [-0.39, 0.29) is 11.9 Å². The summed E-state index contributed by atoms with van der Waals surface area (Å²) >= 11 is 3.36. The normalized spacial score (nSPS) is 16.3. The van der Waals surface area contributed by atoms with Crippen molar-refractivity contribution in [2.75, 3.05) is 6.54 Å². The number of halogens is 2. The molecule has 2 N–H and O–H groups in total. The molecule has 0 radical (unpaired) electrons. The van der Waals surface area contributed by atoms with E-state index in [9.17, 15) is 9.50 Å². The highest BCUT2D eigenvalue weighted by Gasteiger charge is 2.20. The maximum absolute atomic E-state index is 13.0. The van der Waals surface area contributed by atoms with Crippen molar-refractivity contribution in [3.05, 3.63) is 34.1 Å². The summed E-state index contributed by atoms with van der Waals surface area (Å²) in [5.74, 6) is -0.254. The zero-order valence-electron chi connectivity index (χ0n) is 11.1. The second kappa shape index (κ2) is 6.64. The predicted octanol–water partition coefficient (Wildman–Crippen LogP) is 3.79. The Morgan fingerprint density at radius 2 is 2.17 bits per heavy atom. The molecule has 0 aromatic heterocycles. The first-order chi connectivity index (χ1) is 8.35. The van der Waals surface area contributed by atoms with E-state index < -0.39 is 5.60 Å². The van der Waals surface area contributed by atoms with E-state index in [2.05, 4.69) is 28.2 Å². The Bertz CT molecular complexity index is 395. The second-order valence-electron chi connectivity index (χ2n) is 5.02. The van der Waals surface area contributed by atoms with E-state index in [0.717, 1.165) is 22.9 Å². The Kier molecular flexibility index (Phi) is 5.76. The second-order valence-corrected chi connectivity index (χ2v) is 5.87. The Hall–Kier alpha value is -0.450. The van der Waals surface area contributed by atoms with Crippen LogP contribution in [-0.2, 0) is 0 Å². The highest BCUT2D eigenvalue weighted by Crippen LogP contribution is 2.24. The summed E-state index contributed by atoms with van der Waals surface area (Å²) in [4.78, 5) is 0. The van der Waals surface area contributed by atoms with Gasteiger partial charge in [-0.2, -0.15) is 0 Å². The van der Waals surface area contributed by atoms with Crippen LogP contribution in [0.25, 0.3) is 0 Å². The van der Waals surface area contributed by atoms with Gasteiger partial charge < -0.3 is 10.4 Å². The monoisotopic (exact) mass is 317 g/mol. The average Bonchev–Trinajstić information content (AvgIpc) is 2.26. The van der Waals surface area contributed by atoms with E-state index in [1.807, 2.05) is 13.8 Å². The smallest absolute Gasteiger partial charge is 0.124 e. The Balaban J connectivity index is 2.63. The van der Waals surface area contributed by atoms with Crippen LogP contribution in [0.2, 0.25) is 0 Å². The molecule has 1 aromatic rings. The molecule has 0 aliphatic carbocycles. The molecule has 102 valence electrons. The molecule has 0 saturated heterocycles. The molecule has 4 heteroatoms. The molecule has 18 heavy (non-hydrogen) atoms. The molecule has 2 nitrogen and oxygen atoms in total. The van der Waals surface area contributed by atoms with Crippen molar-refractivity contribution in [1.29, 1.82) is 0 Å². The van der Waals surface area contributed by atoms with Gasteiger partial charge >= 0.3 is 0 Å². The topological polar surface area (TPSA) is 32.3 Å². The third-order valence-corrected chi connectivity index (χ3v) is 3.69. The van der Waals surface area contributed by atoms with Crippen molar-refractivity contribution >= 4 is 15.9 Å². The highest BCUT2D eigenvalue weighted by molar-refractivity contribution is 9.10. The van der Waals surface area contributed by atoms with Crippen LogP contribution in [0.5, 0.6) is 0 Å². The van der Waals surface area contributed by atoms with Crippen LogP contribution in [0.4, 0.5) is 4.39 Å². The van der Waals surface area contributed by atoms with Gasteiger partial charge in [0.1, 0.15) is 5.82 Å². The van der Waals surface area contributed by atoms with Gasteiger partial charge in [0.2, 0.25) is 0 Å². The number of benzene rings is 1. The first-order valence-corrected chi connectivity index (χ1v) is 7.06. The van der Waals surface area contributed by atoms with Crippen LogP contribution in [0.3, 0.4) is 0 Å². The highest BCUT2D eigenvalue weighted by atomic mass is 79.9.